The molecule has 0 saturated carbocycles. The molecule has 2 rings (SSSR count). The summed E-state index contributed by atoms with van der Waals surface area (Å²) in [6.45, 7) is 1.47. The van der Waals surface area contributed by atoms with E-state index >= 15 is 0 Å². The second-order valence-electron chi connectivity index (χ2n) is 2.84. The Bertz CT molecular complexity index is 280. The van der Waals surface area contributed by atoms with Crippen LogP contribution in [0.4, 0.5) is 11.9 Å². The fourth-order valence-electron chi connectivity index (χ4n) is 1.41. The molecule has 0 saturated heterocycles. The number of hydrogen-bond donors (Lipinski definition) is 3. The van der Waals surface area contributed by atoms with Crippen molar-refractivity contribution in [3.05, 3.63) is 0 Å². The maximum absolute atomic E-state index is 5.57. The van der Waals surface area contributed by atoms with Crippen molar-refractivity contribution in [1.29, 1.82) is 0 Å². The van der Waals surface area contributed by atoms with E-state index in [0.29, 0.717) is 12.5 Å². The Kier molecular flexibility index (Phi) is 1.61. The molecule has 1 aromatic heterocycles. The van der Waals surface area contributed by atoms with Gasteiger partial charge in [0, 0.05) is 13.1 Å². The Hall–Kier alpha value is -1.30. The van der Waals surface area contributed by atoms with Crippen molar-refractivity contribution in [2.45, 2.75) is 12.5 Å². The summed E-state index contributed by atoms with van der Waals surface area (Å²) < 4.78 is 1.76. The largest absolute Gasteiger partial charge is 0.366 e. The molecule has 0 spiro atoms. The predicted molar refractivity (Wildman–Crippen MR) is 45.6 cm³/mol. The van der Waals surface area contributed by atoms with Crippen molar-refractivity contribution >= 4 is 11.9 Å². The van der Waals surface area contributed by atoms with E-state index < -0.39 is 0 Å². The molecule has 6 heteroatoms. The molecule has 0 bridgehead atoms. The van der Waals surface area contributed by atoms with Gasteiger partial charge in [0.05, 0.1) is 6.04 Å². The zero-order valence-electron chi connectivity index (χ0n) is 6.70. The molecule has 1 unspecified atom stereocenters. The lowest BCUT2D eigenvalue weighted by molar-refractivity contribution is 0.427. The van der Waals surface area contributed by atoms with Gasteiger partial charge >= 0.3 is 0 Å². The third kappa shape index (κ3) is 1.00. The van der Waals surface area contributed by atoms with Crippen molar-refractivity contribution in [3.63, 3.8) is 0 Å². The minimum atomic E-state index is 0.242. The highest BCUT2D eigenvalue weighted by Gasteiger charge is 2.20. The van der Waals surface area contributed by atoms with Crippen LogP contribution in [-0.4, -0.2) is 27.9 Å². The summed E-state index contributed by atoms with van der Waals surface area (Å²) >= 11 is 0. The lowest BCUT2D eigenvalue weighted by Gasteiger charge is -2.22. The summed E-state index contributed by atoms with van der Waals surface area (Å²) in [5.74, 6) is 1.03. The van der Waals surface area contributed by atoms with Gasteiger partial charge in [0.1, 0.15) is 0 Å². The van der Waals surface area contributed by atoms with Crippen LogP contribution in [0.3, 0.4) is 0 Å². The standard InChI is InChI=1S/C6H12N6/c7-3-4-1-2-9-6-10-5(8)11-12(4)6/h4H,1-3,7H2,(H3,8,9,10,11). The molecule has 1 atom stereocenters. The number of nitrogens with one attached hydrogen (secondary N) is 1. The van der Waals surface area contributed by atoms with Gasteiger partial charge in [-0.2, -0.15) is 4.98 Å². The van der Waals surface area contributed by atoms with E-state index in [0.717, 1.165) is 18.9 Å². The first-order valence-electron chi connectivity index (χ1n) is 3.97. The molecule has 5 N–H and O–H groups in total. The van der Waals surface area contributed by atoms with Gasteiger partial charge < -0.3 is 16.8 Å². The number of nitrogens with zero attached hydrogens (tertiary/aromatic N) is 3. The minimum absolute atomic E-state index is 0.242. The third-order valence-electron chi connectivity index (χ3n) is 2.03. The molecule has 0 fully saturated rings. The number of anilines is 2. The van der Waals surface area contributed by atoms with Crippen LogP contribution in [0, 0.1) is 0 Å². The lowest BCUT2D eigenvalue weighted by Crippen LogP contribution is -2.29. The quantitative estimate of drug-likeness (QED) is 0.509. The summed E-state index contributed by atoms with van der Waals surface area (Å²) in [6.07, 6.45) is 0.978. The average molecular weight is 168 g/mol. The number of nitrogens with two attached hydrogens (primary N) is 2. The van der Waals surface area contributed by atoms with E-state index in [2.05, 4.69) is 15.4 Å². The lowest BCUT2D eigenvalue weighted by atomic mass is 10.2. The summed E-state index contributed by atoms with van der Waals surface area (Å²) in [7, 11) is 0. The number of fused-ring (bicyclic) bond motifs is 1. The Morgan fingerprint density at radius 3 is 3.25 bits per heavy atom. The molecule has 2 heterocycles. The Morgan fingerprint density at radius 2 is 2.50 bits per heavy atom. The predicted octanol–water partition coefficient (Wildman–Crippen LogP) is -0.824. The van der Waals surface area contributed by atoms with Gasteiger partial charge in [0.25, 0.3) is 0 Å². The molecule has 66 valence electrons. The molecular formula is C6H12N6. The Labute approximate surface area is 69.9 Å². The van der Waals surface area contributed by atoms with Crippen molar-refractivity contribution in [2.75, 3.05) is 24.1 Å². The van der Waals surface area contributed by atoms with Crippen LogP contribution in [0.15, 0.2) is 0 Å². The van der Waals surface area contributed by atoms with E-state index in [4.69, 9.17) is 11.5 Å². The van der Waals surface area contributed by atoms with Crippen molar-refractivity contribution in [1.82, 2.24) is 14.8 Å². The first kappa shape index (κ1) is 7.35. The van der Waals surface area contributed by atoms with Crippen LogP contribution in [0.5, 0.6) is 0 Å². The van der Waals surface area contributed by atoms with Crippen LogP contribution in [0.2, 0.25) is 0 Å². The average Bonchev–Trinajstić information content (AvgIpc) is 2.44. The third-order valence-corrected chi connectivity index (χ3v) is 2.03. The van der Waals surface area contributed by atoms with Gasteiger partial charge in [-0.1, -0.05) is 0 Å². The highest BCUT2D eigenvalue weighted by molar-refractivity contribution is 5.33. The van der Waals surface area contributed by atoms with Gasteiger partial charge in [-0.05, 0) is 6.42 Å². The van der Waals surface area contributed by atoms with Crippen LogP contribution >= 0.6 is 0 Å². The normalized spacial score (nSPS) is 21.6. The Morgan fingerprint density at radius 1 is 1.67 bits per heavy atom. The highest BCUT2D eigenvalue weighted by atomic mass is 15.4. The van der Waals surface area contributed by atoms with Crippen LogP contribution < -0.4 is 16.8 Å². The van der Waals surface area contributed by atoms with E-state index in [1.807, 2.05) is 0 Å². The summed E-state index contributed by atoms with van der Waals surface area (Å²) in [5, 5.41) is 7.15. The zero-order valence-corrected chi connectivity index (χ0v) is 6.70. The first-order valence-corrected chi connectivity index (χ1v) is 3.97. The maximum atomic E-state index is 5.57. The topological polar surface area (TPSA) is 94.8 Å². The second kappa shape index (κ2) is 2.63. The maximum Gasteiger partial charge on any atom is 0.241 e. The molecule has 6 nitrogen and oxygen atoms in total. The zero-order chi connectivity index (χ0) is 8.55. The summed E-state index contributed by atoms with van der Waals surface area (Å²) in [5.41, 5.74) is 11.0. The number of rotatable bonds is 1. The summed E-state index contributed by atoms with van der Waals surface area (Å²) in [4.78, 5) is 4.01. The van der Waals surface area contributed by atoms with E-state index in [1.165, 1.54) is 0 Å². The molecule has 12 heavy (non-hydrogen) atoms. The van der Waals surface area contributed by atoms with Gasteiger partial charge in [0.2, 0.25) is 11.9 Å². The molecule has 1 aliphatic heterocycles. The van der Waals surface area contributed by atoms with E-state index in [-0.39, 0.29) is 6.04 Å². The van der Waals surface area contributed by atoms with Crippen molar-refractivity contribution in [2.24, 2.45) is 5.73 Å². The molecule has 1 aliphatic rings. The highest BCUT2D eigenvalue weighted by Crippen LogP contribution is 2.20. The molecule has 0 aliphatic carbocycles. The van der Waals surface area contributed by atoms with Crippen LogP contribution in [0.1, 0.15) is 12.5 Å². The minimum Gasteiger partial charge on any atom is -0.366 e. The summed E-state index contributed by atoms with van der Waals surface area (Å²) in [6, 6.07) is 0.242. The van der Waals surface area contributed by atoms with Crippen LogP contribution in [0.25, 0.3) is 0 Å². The molecule has 0 aromatic carbocycles. The van der Waals surface area contributed by atoms with Gasteiger partial charge in [-0.25, -0.2) is 4.68 Å². The Balaban J connectivity index is 2.36. The smallest absolute Gasteiger partial charge is 0.241 e. The van der Waals surface area contributed by atoms with E-state index in [9.17, 15) is 0 Å². The first-order chi connectivity index (χ1) is 5.81. The fourth-order valence-corrected chi connectivity index (χ4v) is 1.41. The number of nitrogen functional groups attached to an aromatic ring is 1. The molecule has 0 amide bonds. The second-order valence-corrected chi connectivity index (χ2v) is 2.84. The monoisotopic (exact) mass is 168 g/mol. The van der Waals surface area contributed by atoms with Gasteiger partial charge in [0.15, 0.2) is 0 Å². The molecule has 0 radical (unpaired) electrons. The molecule has 1 aromatic rings. The number of aromatic nitrogens is 3. The van der Waals surface area contributed by atoms with Crippen molar-refractivity contribution < 1.29 is 0 Å². The fraction of sp³-hybridized carbons (Fsp3) is 0.667. The van der Waals surface area contributed by atoms with Crippen LogP contribution in [-0.2, 0) is 0 Å². The molecular weight excluding hydrogens is 156 g/mol. The SMILES string of the molecule is NCC1CCNc2nc(N)nn21. The van der Waals surface area contributed by atoms with Crippen molar-refractivity contribution in [3.8, 4) is 0 Å². The van der Waals surface area contributed by atoms with Gasteiger partial charge in [-0.3, -0.25) is 0 Å². The van der Waals surface area contributed by atoms with Gasteiger partial charge in [-0.15, -0.1) is 5.10 Å². The van der Waals surface area contributed by atoms with E-state index in [1.54, 1.807) is 4.68 Å². The number of hydrogen-bond acceptors (Lipinski definition) is 5.